The van der Waals surface area contributed by atoms with Gasteiger partial charge < -0.3 is 19.5 Å². The Kier molecular flexibility index (Phi) is 7.14. The molecule has 5 heteroatoms. The van der Waals surface area contributed by atoms with Gasteiger partial charge in [-0.15, -0.1) is 0 Å². The van der Waals surface area contributed by atoms with Crippen molar-refractivity contribution in [1.82, 2.24) is 5.32 Å². The van der Waals surface area contributed by atoms with Crippen LogP contribution >= 0.6 is 0 Å². The number of methoxy groups -OCH3 is 2. The maximum absolute atomic E-state index is 12.1. The molecule has 1 unspecified atom stereocenters. The van der Waals surface area contributed by atoms with Gasteiger partial charge in [0.2, 0.25) is 0 Å². The van der Waals surface area contributed by atoms with E-state index < -0.39 is 6.09 Å². The number of rotatable bonds is 8. The summed E-state index contributed by atoms with van der Waals surface area (Å²) in [5, 5.41) is 2.92. The summed E-state index contributed by atoms with van der Waals surface area (Å²) in [5.41, 5.74) is 1.94. The fraction of sp³-hybridized carbons (Fsp3) is 0.350. The molecular weight excluding hydrogens is 318 g/mol. The number of alkyl carbamates (subject to hydrolysis) is 1. The molecule has 1 amide bonds. The molecular formula is C20H25NO4. The summed E-state index contributed by atoms with van der Waals surface area (Å²) < 4.78 is 16.0. The molecule has 1 N–H and O–H groups in total. The molecule has 5 nitrogen and oxygen atoms in total. The van der Waals surface area contributed by atoms with Crippen LogP contribution in [0.3, 0.4) is 0 Å². The van der Waals surface area contributed by atoms with Crippen molar-refractivity contribution in [2.75, 3.05) is 14.2 Å². The monoisotopic (exact) mass is 343 g/mol. The highest BCUT2D eigenvalue weighted by molar-refractivity contribution is 5.67. The summed E-state index contributed by atoms with van der Waals surface area (Å²) in [5.74, 6) is 1.54. The minimum atomic E-state index is -0.419. The van der Waals surface area contributed by atoms with Gasteiger partial charge in [-0.25, -0.2) is 4.79 Å². The Labute approximate surface area is 148 Å². The first-order valence-electron chi connectivity index (χ1n) is 8.34. The minimum absolute atomic E-state index is 0.0516. The number of benzene rings is 2. The number of ether oxygens (including phenoxy) is 3. The van der Waals surface area contributed by atoms with E-state index in [-0.39, 0.29) is 12.6 Å². The van der Waals surface area contributed by atoms with Crippen LogP contribution in [0.1, 0.15) is 24.5 Å². The lowest BCUT2D eigenvalue weighted by Crippen LogP contribution is -2.36. The van der Waals surface area contributed by atoms with Gasteiger partial charge in [-0.3, -0.25) is 0 Å². The normalized spacial score (nSPS) is 11.5. The highest BCUT2D eigenvalue weighted by Gasteiger charge is 2.15. The average Bonchev–Trinajstić information content (AvgIpc) is 2.66. The number of carbonyl (C=O) groups excluding carboxylic acids is 1. The maximum Gasteiger partial charge on any atom is 0.407 e. The van der Waals surface area contributed by atoms with Crippen molar-refractivity contribution in [2.24, 2.45) is 0 Å². The predicted octanol–water partition coefficient (Wildman–Crippen LogP) is 3.95. The topological polar surface area (TPSA) is 56.8 Å². The van der Waals surface area contributed by atoms with Crippen molar-refractivity contribution < 1.29 is 19.0 Å². The van der Waals surface area contributed by atoms with Gasteiger partial charge in [-0.05, 0) is 42.2 Å². The van der Waals surface area contributed by atoms with Crippen LogP contribution in [0, 0.1) is 0 Å². The Hall–Kier alpha value is -2.69. The molecule has 0 saturated carbocycles. The summed E-state index contributed by atoms with van der Waals surface area (Å²) in [6, 6.07) is 15.2. The maximum atomic E-state index is 12.1. The first kappa shape index (κ1) is 18.6. The number of hydrogen-bond donors (Lipinski definition) is 1. The number of carbonyl (C=O) groups is 1. The van der Waals surface area contributed by atoms with E-state index >= 15 is 0 Å². The Balaban J connectivity index is 1.94. The molecule has 1 atom stereocenters. The Bertz CT molecular complexity index is 673. The molecule has 0 fully saturated rings. The second kappa shape index (κ2) is 9.57. The van der Waals surface area contributed by atoms with Gasteiger partial charge in [0.25, 0.3) is 0 Å². The Morgan fingerprint density at radius 1 is 1.08 bits per heavy atom. The molecule has 2 aromatic rings. The van der Waals surface area contributed by atoms with E-state index in [1.807, 2.05) is 55.5 Å². The van der Waals surface area contributed by atoms with E-state index in [1.165, 1.54) is 0 Å². The number of hydrogen-bond acceptors (Lipinski definition) is 4. The van der Waals surface area contributed by atoms with Gasteiger partial charge in [0.05, 0.1) is 14.2 Å². The first-order valence-corrected chi connectivity index (χ1v) is 8.34. The standard InChI is InChI=1S/C20H25NO4/c1-4-17(12-16-13-18(23-2)10-11-19(16)24-3)21-20(22)25-14-15-8-6-5-7-9-15/h5-11,13,17H,4,12,14H2,1-3H3,(H,21,22). The zero-order valence-corrected chi connectivity index (χ0v) is 15.0. The van der Waals surface area contributed by atoms with Crippen molar-refractivity contribution in [3.63, 3.8) is 0 Å². The van der Waals surface area contributed by atoms with Crippen LogP contribution in [0.5, 0.6) is 11.5 Å². The van der Waals surface area contributed by atoms with Crippen molar-refractivity contribution in [3.8, 4) is 11.5 Å². The molecule has 0 aliphatic rings. The predicted molar refractivity (Wildman–Crippen MR) is 97.1 cm³/mol. The zero-order chi connectivity index (χ0) is 18.1. The van der Waals surface area contributed by atoms with Crippen molar-refractivity contribution in [2.45, 2.75) is 32.4 Å². The lowest BCUT2D eigenvalue weighted by atomic mass is 10.0. The molecule has 0 spiro atoms. The minimum Gasteiger partial charge on any atom is -0.497 e. The second-order valence-corrected chi connectivity index (χ2v) is 5.69. The van der Waals surface area contributed by atoms with Crippen LogP contribution in [0.2, 0.25) is 0 Å². The van der Waals surface area contributed by atoms with E-state index in [0.717, 1.165) is 29.0 Å². The number of amides is 1. The van der Waals surface area contributed by atoms with Crippen LogP contribution in [0.4, 0.5) is 4.79 Å². The Morgan fingerprint density at radius 2 is 1.84 bits per heavy atom. The highest BCUT2D eigenvalue weighted by atomic mass is 16.5. The molecule has 0 radical (unpaired) electrons. The zero-order valence-electron chi connectivity index (χ0n) is 15.0. The van der Waals surface area contributed by atoms with E-state index in [2.05, 4.69) is 5.32 Å². The van der Waals surface area contributed by atoms with Crippen molar-refractivity contribution >= 4 is 6.09 Å². The molecule has 2 rings (SSSR count). The SMILES string of the molecule is CCC(Cc1cc(OC)ccc1OC)NC(=O)OCc1ccccc1. The smallest absolute Gasteiger partial charge is 0.407 e. The van der Waals surface area contributed by atoms with Crippen molar-refractivity contribution in [1.29, 1.82) is 0 Å². The molecule has 0 aliphatic heterocycles. The van der Waals surface area contributed by atoms with Crippen LogP contribution in [-0.4, -0.2) is 26.4 Å². The lowest BCUT2D eigenvalue weighted by Gasteiger charge is -2.19. The van der Waals surface area contributed by atoms with Gasteiger partial charge in [0, 0.05) is 6.04 Å². The third-order valence-corrected chi connectivity index (χ3v) is 3.98. The molecule has 0 bridgehead atoms. The third-order valence-electron chi connectivity index (χ3n) is 3.98. The van der Waals surface area contributed by atoms with Crippen LogP contribution < -0.4 is 14.8 Å². The molecule has 25 heavy (non-hydrogen) atoms. The fourth-order valence-electron chi connectivity index (χ4n) is 2.54. The quantitative estimate of drug-likeness (QED) is 0.788. The van der Waals surface area contributed by atoms with Gasteiger partial charge in [-0.2, -0.15) is 0 Å². The second-order valence-electron chi connectivity index (χ2n) is 5.69. The van der Waals surface area contributed by atoms with Gasteiger partial charge in [-0.1, -0.05) is 37.3 Å². The van der Waals surface area contributed by atoms with E-state index in [4.69, 9.17) is 14.2 Å². The summed E-state index contributed by atoms with van der Waals surface area (Å²) in [6.45, 7) is 2.28. The molecule has 0 aromatic heterocycles. The third kappa shape index (κ3) is 5.71. The van der Waals surface area contributed by atoms with E-state index in [0.29, 0.717) is 6.42 Å². The van der Waals surface area contributed by atoms with Crippen LogP contribution in [0.15, 0.2) is 48.5 Å². The molecule has 0 heterocycles. The summed E-state index contributed by atoms with van der Waals surface area (Å²) >= 11 is 0. The molecule has 134 valence electrons. The highest BCUT2D eigenvalue weighted by Crippen LogP contribution is 2.25. The van der Waals surface area contributed by atoms with Gasteiger partial charge in [0.15, 0.2) is 0 Å². The first-order chi connectivity index (χ1) is 12.2. The summed E-state index contributed by atoms with van der Waals surface area (Å²) in [7, 11) is 3.26. The largest absolute Gasteiger partial charge is 0.497 e. The van der Waals surface area contributed by atoms with Gasteiger partial charge in [0.1, 0.15) is 18.1 Å². The Morgan fingerprint density at radius 3 is 2.48 bits per heavy atom. The van der Waals surface area contributed by atoms with Crippen LogP contribution in [0.25, 0.3) is 0 Å². The molecule has 2 aromatic carbocycles. The summed E-state index contributed by atoms with van der Waals surface area (Å²) in [4.78, 5) is 12.1. The molecule has 0 saturated heterocycles. The van der Waals surface area contributed by atoms with Gasteiger partial charge >= 0.3 is 6.09 Å². The van der Waals surface area contributed by atoms with E-state index in [9.17, 15) is 4.79 Å². The average molecular weight is 343 g/mol. The lowest BCUT2D eigenvalue weighted by molar-refractivity contribution is 0.135. The summed E-state index contributed by atoms with van der Waals surface area (Å²) in [6.07, 6.45) is 0.996. The van der Waals surface area contributed by atoms with E-state index in [1.54, 1.807) is 14.2 Å². The number of nitrogens with one attached hydrogen (secondary N) is 1. The fourth-order valence-corrected chi connectivity index (χ4v) is 2.54. The van der Waals surface area contributed by atoms with Crippen molar-refractivity contribution in [3.05, 3.63) is 59.7 Å². The van der Waals surface area contributed by atoms with Crippen LogP contribution in [-0.2, 0) is 17.8 Å². The molecule has 0 aliphatic carbocycles.